The summed E-state index contributed by atoms with van der Waals surface area (Å²) in [6.07, 6.45) is 3.20. The van der Waals surface area contributed by atoms with Crippen molar-refractivity contribution in [2.24, 2.45) is 0 Å². The van der Waals surface area contributed by atoms with Crippen LogP contribution < -0.4 is 0 Å². The van der Waals surface area contributed by atoms with Gasteiger partial charge in [-0.3, -0.25) is 0 Å². The van der Waals surface area contributed by atoms with E-state index < -0.39 is 0 Å². The highest BCUT2D eigenvalue weighted by Crippen LogP contribution is 2.32. The Balaban J connectivity index is 2.08. The molecule has 0 amide bonds. The summed E-state index contributed by atoms with van der Waals surface area (Å²) < 4.78 is 5.26. The van der Waals surface area contributed by atoms with E-state index in [4.69, 9.17) is 4.42 Å². The van der Waals surface area contributed by atoms with E-state index in [2.05, 4.69) is 29.0 Å². The lowest BCUT2D eigenvalue weighted by atomic mass is 10.1. The molecule has 0 radical (unpaired) electrons. The van der Waals surface area contributed by atoms with Crippen molar-refractivity contribution in [2.45, 2.75) is 6.92 Å². The average molecular weight is 242 g/mol. The first-order valence-electron chi connectivity index (χ1n) is 5.27. The predicted octanol–water partition coefficient (Wildman–Crippen LogP) is 3.77. The van der Waals surface area contributed by atoms with E-state index in [0.29, 0.717) is 5.89 Å². The lowest BCUT2D eigenvalue weighted by Crippen LogP contribution is -1.80. The molecule has 2 heterocycles. The lowest BCUT2D eigenvalue weighted by Gasteiger charge is -1.96. The number of benzene rings is 1. The summed E-state index contributed by atoms with van der Waals surface area (Å²) in [6, 6.07) is 10.1. The van der Waals surface area contributed by atoms with Crippen LogP contribution in [0.1, 0.15) is 4.88 Å². The minimum atomic E-state index is 0.584. The van der Waals surface area contributed by atoms with Gasteiger partial charge in [-0.05, 0) is 6.92 Å². The van der Waals surface area contributed by atoms with Crippen molar-refractivity contribution in [3.05, 3.63) is 47.7 Å². The molecule has 0 aliphatic heterocycles. The van der Waals surface area contributed by atoms with Crippen molar-refractivity contribution >= 4 is 11.3 Å². The minimum absolute atomic E-state index is 0.584. The molecule has 4 heteroatoms. The average Bonchev–Trinajstić information content (AvgIpc) is 2.99. The Hall–Kier alpha value is -1.94. The first-order chi connectivity index (χ1) is 8.34. The molecule has 3 rings (SSSR count). The number of rotatable bonds is 2. The molecular formula is C13H10N2OS. The molecule has 0 unspecified atom stereocenters. The van der Waals surface area contributed by atoms with Crippen LogP contribution in [0.3, 0.4) is 0 Å². The van der Waals surface area contributed by atoms with Gasteiger partial charge in [0.15, 0.2) is 5.01 Å². The molecule has 0 bridgehead atoms. The first kappa shape index (κ1) is 10.2. The molecule has 0 saturated heterocycles. The van der Waals surface area contributed by atoms with Crippen molar-refractivity contribution in [2.75, 3.05) is 0 Å². The van der Waals surface area contributed by atoms with Crippen molar-refractivity contribution in [1.82, 2.24) is 9.97 Å². The quantitative estimate of drug-likeness (QED) is 0.686. The number of aromatic nitrogens is 2. The maximum absolute atomic E-state index is 5.26. The van der Waals surface area contributed by atoms with Crippen LogP contribution in [0.25, 0.3) is 22.2 Å². The third-order valence-electron chi connectivity index (χ3n) is 2.46. The molecule has 0 aliphatic rings. The van der Waals surface area contributed by atoms with Crippen molar-refractivity contribution in [3.63, 3.8) is 0 Å². The zero-order valence-electron chi connectivity index (χ0n) is 9.25. The van der Waals surface area contributed by atoms with Crippen molar-refractivity contribution < 1.29 is 4.42 Å². The van der Waals surface area contributed by atoms with Crippen molar-refractivity contribution in [3.8, 4) is 22.2 Å². The Kier molecular flexibility index (Phi) is 2.49. The molecule has 84 valence electrons. The Morgan fingerprint density at radius 1 is 1.18 bits per heavy atom. The molecule has 2 aromatic heterocycles. The number of hydrogen-bond donors (Lipinski definition) is 0. The SMILES string of the molecule is Cc1sc(-c2ncco2)nc1-c1ccccc1. The molecule has 17 heavy (non-hydrogen) atoms. The molecule has 0 spiro atoms. The van der Waals surface area contributed by atoms with Crippen LogP contribution in [0, 0.1) is 6.92 Å². The summed E-state index contributed by atoms with van der Waals surface area (Å²) >= 11 is 1.60. The van der Waals surface area contributed by atoms with Gasteiger partial charge in [0.2, 0.25) is 0 Å². The number of aryl methyl sites for hydroxylation is 1. The van der Waals surface area contributed by atoms with Gasteiger partial charge in [-0.25, -0.2) is 9.97 Å². The molecule has 0 atom stereocenters. The van der Waals surface area contributed by atoms with Gasteiger partial charge in [-0.2, -0.15) is 0 Å². The predicted molar refractivity (Wildman–Crippen MR) is 67.8 cm³/mol. The highest BCUT2D eigenvalue weighted by atomic mass is 32.1. The van der Waals surface area contributed by atoms with Gasteiger partial charge in [-0.15, -0.1) is 11.3 Å². The maximum Gasteiger partial charge on any atom is 0.255 e. The fourth-order valence-corrected chi connectivity index (χ4v) is 2.56. The fraction of sp³-hybridized carbons (Fsp3) is 0.0769. The van der Waals surface area contributed by atoms with Gasteiger partial charge in [0.25, 0.3) is 5.89 Å². The Morgan fingerprint density at radius 3 is 2.71 bits per heavy atom. The van der Waals surface area contributed by atoms with Crippen LogP contribution in [-0.4, -0.2) is 9.97 Å². The minimum Gasteiger partial charge on any atom is -0.443 e. The van der Waals surface area contributed by atoms with Gasteiger partial charge in [0, 0.05) is 10.4 Å². The van der Waals surface area contributed by atoms with E-state index >= 15 is 0 Å². The van der Waals surface area contributed by atoms with E-state index in [1.165, 1.54) is 4.88 Å². The van der Waals surface area contributed by atoms with E-state index in [1.807, 2.05) is 18.2 Å². The monoisotopic (exact) mass is 242 g/mol. The molecule has 3 aromatic rings. The zero-order chi connectivity index (χ0) is 11.7. The second-order valence-corrected chi connectivity index (χ2v) is 4.83. The first-order valence-corrected chi connectivity index (χ1v) is 6.09. The Morgan fingerprint density at radius 2 is 2.00 bits per heavy atom. The van der Waals surface area contributed by atoms with E-state index in [0.717, 1.165) is 16.3 Å². The lowest BCUT2D eigenvalue weighted by molar-refractivity contribution is 0.574. The number of thiazole rings is 1. The van der Waals surface area contributed by atoms with Crippen LogP contribution >= 0.6 is 11.3 Å². The molecule has 3 nitrogen and oxygen atoms in total. The van der Waals surface area contributed by atoms with E-state index in [-0.39, 0.29) is 0 Å². The second-order valence-electron chi connectivity index (χ2n) is 3.63. The Labute approximate surface area is 103 Å². The summed E-state index contributed by atoms with van der Waals surface area (Å²) in [7, 11) is 0. The molecule has 0 aliphatic carbocycles. The highest BCUT2D eigenvalue weighted by molar-refractivity contribution is 7.15. The van der Waals surface area contributed by atoms with Gasteiger partial charge >= 0.3 is 0 Å². The van der Waals surface area contributed by atoms with Gasteiger partial charge < -0.3 is 4.42 Å². The molecular weight excluding hydrogens is 232 g/mol. The van der Waals surface area contributed by atoms with Crippen LogP contribution in [0.4, 0.5) is 0 Å². The van der Waals surface area contributed by atoms with Crippen LogP contribution in [0.5, 0.6) is 0 Å². The highest BCUT2D eigenvalue weighted by Gasteiger charge is 2.13. The molecule has 0 fully saturated rings. The number of nitrogens with zero attached hydrogens (tertiary/aromatic N) is 2. The second kappa shape index (κ2) is 4.14. The van der Waals surface area contributed by atoms with Crippen LogP contribution in [-0.2, 0) is 0 Å². The third kappa shape index (κ3) is 1.87. The maximum atomic E-state index is 5.26. The summed E-state index contributed by atoms with van der Waals surface area (Å²) in [5.41, 5.74) is 2.13. The van der Waals surface area contributed by atoms with Crippen molar-refractivity contribution in [1.29, 1.82) is 0 Å². The summed E-state index contributed by atoms with van der Waals surface area (Å²) in [5.74, 6) is 0.584. The summed E-state index contributed by atoms with van der Waals surface area (Å²) in [5, 5.41) is 0.825. The Bertz CT molecular complexity index is 614. The van der Waals surface area contributed by atoms with E-state index in [1.54, 1.807) is 23.8 Å². The van der Waals surface area contributed by atoms with Gasteiger partial charge in [-0.1, -0.05) is 30.3 Å². The zero-order valence-corrected chi connectivity index (χ0v) is 10.1. The summed E-state index contributed by atoms with van der Waals surface area (Å²) in [4.78, 5) is 9.87. The van der Waals surface area contributed by atoms with E-state index in [9.17, 15) is 0 Å². The number of oxazole rings is 1. The molecule has 0 N–H and O–H groups in total. The molecule has 1 aromatic carbocycles. The smallest absolute Gasteiger partial charge is 0.255 e. The van der Waals surface area contributed by atoms with Crippen LogP contribution in [0.2, 0.25) is 0 Å². The largest absolute Gasteiger partial charge is 0.443 e. The standard InChI is InChI=1S/C13H10N2OS/c1-9-11(10-5-3-2-4-6-10)15-13(17-9)12-14-7-8-16-12/h2-8H,1H3. The summed E-state index contributed by atoms with van der Waals surface area (Å²) in [6.45, 7) is 2.06. The number of hydrogen-bond acceptors (Lipinski definition) is 4. The molecule has 0 saturated carbocycles. The normalized spacial score (nSPS) is 10.6. The topological polar surface area (TPSA) is 38.9 Å². The van der Waals surface area contributed by atoms with Gasteiger partial charge in [0.1, 0.15) is 6.26 Å². The third-order valence-corrected chi connectivity index (χ3v) is 3.42. The fourth-order valence-electron chi connectivity index (χ4n) is 1.68. The van der Waals surface area contributed by atoms with Gasteiger partial charge in [0.05, 0.1) is 11.9 Å². The van der Waals surface area contributed by atoms with Crippen LogP contribution in [0.15, 0.2) is 47.2 Å².